The molecule has 2 rings (SSSR count). The zero-order valence-corrected chi connectivity index (χ0v) is 16.5. The lowest BCUT2D eigenvalue weighted by Crippen LogP contribution is -2.24. The number of rotatable bonds is 9. The van der Waals surface area contributed by atoms with Gasteiger partial charge in [-0.3, -0.25) is 0 Å². The van der Waals surface area contributed by atoms with Gasteiger partial charge in [0, 0.05) is 18.3 Å². The quantitative estimate of drug-likeness (QED) is 0.477. The molecule has 0 radical (unpaired) electrons. The van der Waals surface area contributed by atoms with E-state index in [1.54, 1.807) is 12.3 Å². The summed E-state index contributed by atoms with van der Waals surface area (Å²) in [5, 5.41) is 10.2. The Balaban J connectivity index is 1.94. The number of nitrogens with zero attached hydrogens (tertiary/aromatic N) is 2. The highest BCUT2D eigenvalue weighted by atomic mass is 32.2. The van der Waals surface area contributed by atoms with Crippen LogP contribution >= 0.6 is 11.3 Å². The van der Waals surface area contributed by atoms with E-state index in [9.17, 15) is 18.0 Å². The Kier molecular flexibility index (Phi) is 7.62. The second kappa shape index (κ2) is 9.93. The molecule has 1 aromatic heterocycles. The summed E-state index contributed by atoms with van der Waals surface area (Å²) in [5.41, 5.74) is 0.569. The van der Waals surface area contributed by atoms with Crippen LogP contribution in [0.25, 0.3) is 0 Å². The molecule has 2 aromatic rings. The molecule has 1 heterocycles. The number of benzene rings is 1. The Hall–Kier alpha value is -2.81. The molecule has 0 aliphatic heterocycles. The van der Waals surface area contributed by atoms with Crippen molar-refractivity contribution in [1.29, 1.82) is 5.26 Å². The number of ether oxygens (including phenoxy) is 2. The van der Waals surface area contributed by atoms with E-state index in [1.165, 1.54) is 24.3 Å². The van der Waals surface area contributed by atoms with Crippen LogP contribution in [0.1, 0.15) is 39.2 Å². The Morgan fingerprint density at radius 3 is 2.57 bits per heavy atom. The van der Waals surface area contributed by atoms with E-state index in [0.29, 0.717) is 5.69 Å². The Bertz CT molecular complexity index is 977. The third kappa shape index (κ3) is 5.85. The second-order valence-corrected chi connectivity index (χ2v) is 7.90. The van der Waals surface area contributed by atoms with Crippen molar-refractivity contribution < 1.29 is 27.5 Å². The maximum Gasteiger partial charge on any atom is 0.367 e. The first kappa shape index (κ1) is 21.5. The normalized spacial score (nSPS) is 10.9. The largest absolute Gasteiger partial charge is 0.461 e. The van der Waals surface area contributed by atoms with E-state index < -0.39 is 22.0 Å². The minimum Gasteiger partial charge on any atom is -0.461 e. The number of sulfonamides is 1. The molecule has 0 spiro atoms. The zero-order chi connectivity index (χ0) is 20.6. The number of aromatic nitrogens is 1. The van der Waals surface area contributed by atoms with Crippen LogP contribution in [-0.4, -0.2) is 38.5 Å². The van der Waals surface area contributed by atoms with Crippen molar-refractivity contribution in [2.24, 2.45) is 0 Å². The number of esters is 2. The van der Waals surface area contributed by atoms with Gasteiger partial charge in [-0.1, -0.05) is 0 Å². The van der Waals surface area contributed by atoms with Gasteiger partial charge < -0.3 is 9.47 Å². The molecule has 148 valence electrons. The second-order valence-electron chi connectivity index (χ2n) is 5.27. The van der Waals surface area contributed by atoms with Gasteiger partial charge in [0.1, 0.15) is 6.61 Å². The lowest BCUT2D eigenvalue weighted by atomic mass is 10.2. The Morgan fingerprint density at radius 1 is 1.21 bits per heavy atom. The molecule has 1 N–H and O–H groups in total. The minimum atomic E-state index is -3.75. The van der Waals surface area contributed by atoms with Crippen molar-refractivity contribution in [3.63, 3.8) is 0 Å². The minimum absolute atomic E-state index is 0.00402. The number of carbonyl (C=O) groups is 2. The molecule has 0 saturated carbocycles. The van der Waals surface area contributed by atoms with Crippen LogP contribution in [0.15, 0.2) is 34.5 Å². The predicted molar refractivity (Wildman–Crippen MR) is 99.1 cm³/mol. The molecule has 0 saturated heterocycles. The number of hydrogen-bond acceptors (Lipinski definition) is 9. The van der Waals surface area contributed by atoms with Gasteiger partial charge in [-0.25, -0.2) is 27.7 Å². The summed E-state index contributed by atoms with van der Waals surface area (Å²) in [6.07, 6.45) is 0.0537. The van der Waals surface area contributed by atoms with Gasteiger partial charge in [-0.05, 0) is 31.2 Å². The Morgan fingerprint density at radius 2 is 1.93 bits per heavy atom. The van der Waals surface area contributed by atoms with Crippen molar-refractivity contribution >= 4 is 33.3 Å². The molecule has 0 bridgehead atoms. The van der Waals surface area contributed by atoms with Gasteiger partial charge >= 0.3 is 11.9 Å². The molecule has 0 fully saturated rings. The maximum atomic E-state index is 12.1. The summed E-state index contributed by atoms with van der Waals surface area (Å²) in [7, 11) is -3.75. The molecule has 9 nitrogen and oxygen atoms in total. The van der Waals surface area contributed by atoms with E-state index in [-0.39, 0.29) is 41.6 Å². The van der Waals surface area contributed by atoms with E-state index in [4.69, 9.17) is 14.7 Å². The topological polar surface area (TPSA) is 135 Å². The van der Waals surface area contributed by atoms with Gasteiger partial charge in [-0.2, -0.15) is 5.26 Å². The molecular formula is C17H17N3O6S2. The van der Waals surface area contributed by atoms with Crippen molar-refractivity contribution in [3.05, 3.63) is 45.9 Å². The van der Waals surface area contributed by atoms with Crippen molar-refractivity contribution in [2.45, 2.75) is 24.8 Å². The molecule has 1 aromatic carbocycles. The van der Waals surface area contributed by atoms with E-state index in [1.807, 2.05) is 6.07 Å². The highest BCUT2D eigenvalue weighted by Crippen LogP contribution is 2.14. The summed E-state index contributed by atoms with van der Waals surface area (Å²) in [6, 6.07) is 7.03. The first-order valence-corrected chi connectivity index (χ1v) is 10.5. The van der Waals surface area contributed by atoms with E-state index in [0.717, 1.165) is 11.3 Å². The predicted octanol–water partition coefficient (Wildman–Crippen LogP) is 1.87. The summed E-state index contributed by atoms with van der Waals surface area (Å²) in [5.74, 6) is -1.20. The van der Waals surface area contributed by atoms with Gasteiger partial charge in [0.25, 0.3) is 0 Å². The highest BCUT2D eigenvalue weighted by Gasteiger charge is 2.16. The fourth-order valence-electron chi connectivity index (χ4n) is 1.98. The number of hydrogen-bond donors (Lipinski definition) is 1. The fourth-order valence-corrected chi connectivity index (χ4v) is 3.70. The molecule has 0 atom stereocenters. The van der Waals surface area contributed by atoms with Crippen molar-refractivity contribution in [2.75, 3.05) is 13.2 Å². The molecule has 28 heavy (non-hydrogen) atoms. The molecule has 0 aliphatic carbocycles. The van der Waals surface area contributed by atoms with Crippen LogP contribution in [0, 0.1) is 11.3 Å². The molecule has 0 unspecified atom stereocenters. The van der Waals surface area contributed by atoms with Crippen LogP contribution in [-0.2, 0) is 26.1 Å². The van der Waals surface area contributed by atoms with Crippen LogP contribution < -0.4 is 4.72 Å². The first-order valence-electron chi connectivity index (χ1n) is 8.12. The summed E-state index contributed by atoms with van der Waals surface area (Å²) >= 11 is 1.09. The SMILES string of the molecule is CCOC(=O)c1nc(COC(=O)c2ccc(S(=O)(=O)NCCC#N)cc2)cs1. The number of carbonyl (C=O) groups excluding carboxylic acids is 2. The lowest BCUT2D eigenvalue weighted by Gasteiger charge is -2.06. The smallest absolute Gasteiger partial charge is 0.367 e. The van der Waals surface area contributed by atoms with Crippen LogP contribution in [0.2, 0.25) is 0 Å². The highest BCUT2D eigenvalue weighted by molar-refractivity contribution is 7.89. The van der Waals surface area contributed by atoms with Gasteiger partial charge in [-0.15, -0.1) is 11.3 Å². The summed E-state index contributed by atoms with van der Waals surface area (Å²) in [6.45, 7) is 1.80. The van der Waals surface area contributed by atoms with Crippen LogP contribution in [0.3, 0.4) is 0 Å². The number of nitrogens with one attached hydrogen (secondary N) is 1. The zero-order valence-electron chi connectivity index (χ0n) is 14.9. The average molecular weight is 423 g/mol. The third-order valence-corrected chi connectivity index (χ3v) is 5.63. The van der Waals surface area contributed by atoms with Gasteiger partial charge in [0.2, 0.25) is 15.0 Å². The molecule has 0 aliphatic rings. The number of thiazole rings is 1. The Labute approximate surface area is 166 Å². The monoisotopic (exact) mass is 423 g/mol. The van der Waals surface area contributed by atoms with Crippen molar-refractivity contribution in [3.8, 4) is 6.07 Å². The molecular weight excluding hydrogens is 406 g/mol. The van der Waals surface area contributed by atoms with Gasteiger partial charge in [0.15, 0.2) is 0 Å². The first-order chi connectivity index (χ1) is 13.4. The average Bonchev–Trinajstić information content (AvgIpc) is 3.16. The van der Waals surface area contributed by atoms with Crippen molar-refractivity contribution in [1.82, 2.24) is 9.71 Å². The van der Waals surface area contributed by atoms with E-state index >= 15 is 0 Å². The van der Waals surface area contributed by atoms with Crippen LogP contribution in [0.4, 0.5) is 0 Å². The molecule has 0 amide bonds. The van der Waals surface area contributed by atoms with Gasteiger partial charge in [0.05, 0.1) is 28.8 Å². The van der Waals surface area contributed by atoms with Crippen LogP contribution in [0.5, 0.6) is 0 Å². The maximum absolute atomic E-state index is 12.1. The summed E-state index contributed by atoms with van der Waals surface area (Å²) < 4.78 is 36.3. The van der Waals surface area contributed by atoms with E-state index in [2.05, 4.69) is 9.71 Å². The third-order valence-electron chi connectivity index (χ3n) is 3.28. The standard InChI is InChI=1S/C17H17N3O6S2/c1-2-25-17(22)15-20-13(11-27-15)10-26-16(21)12-4-6-14(7-5-12)28(23,24)19-9-3-8-18/h4-7,11,19H,2-3,9-10H2,1H3. The fraction of sp³-hybridized carbons (Fsp3) is 0.294. The number of nitriles is 1. The molecule has 11 heteroatoms. The lowest BCUT2D eigenvalue weighted by molar-refractivity contribution is 0.0468. The summed E-state index contributed by atoms with van der Waals surface area (Å²) in [4.78, 5) is 27.7.